The van der Waals surface area contributed by atoms with Gasteiger partial charge in [0.2, 0.25) is 0 Å². The summed E-state index contributed by atoms with van der Waals surface area (Å²) in [5.74, 6) is -1.52. The zero-order chi connectivity index (χ0) is 18.4. The quantitative estimate of drug-likeness (QED) is 0.683. The van der Waals surface area contributed by atoms with Crippen molar-refractivity contribution in [3.8, 4) is 0 Å². The van der Waals surface area contributed by atoms with Gasteiger partial charge in [0.1, 0.15) is 6.04 Å². The molecule has 0 fully saturated rings. The molecule has 1 aliphatic heterocycles. The first-order valence-electron chi connectivity index (χ1n) is 8.44. The second kappa shape index (κ2) is 5.91. The van der Waals surface area contributed by atoms with Crippen LogP contribution in [0.25, 0.3) is 10.9 Å². The fourth-order valence-corrected chi connectivity index (χ4v) is 3.37. The molecule has 3 aromatic rings. The second-order valence-electron chi connectivity index (χ2n) is 6.69. The number of carbonyl (C=O) groups excluding carboxylic acids is 3. The number of aromatic nitrogens is 2. The van der Waals surface area contributed by atoms with Crippen LogP contribution in [0.15, 0.2) is 54.7 Å². The fourth-order valence-electron chi connectivity index (χ4n) is 3.37. The average molecular weight is 347 g/mol. The van der Waals surface area contributed by atoms with Crippen LogP contribution in [0, 0.1) is 5.92 Å². The maximum atomic E-state index is 13.1. The molecule has 1 atom stereocenters. The second-order valence-corrected chi connectivity index (χ2v) is 6.69. The van der Waals surface area contributed by atoms with E-state index < -0.39 is 23.8 Å². The molecule has 0 bridgehead atoms. The lowest BCUT2D eigenvalue weighted by Crippen LogP contribution is -2.49. The molecular formula is C20H17N3O3. The van der Waals surface area contributed by atoms with E-state index in [1.54, 1.807) is 30.5 Å². The Labute approximate surface area is 150 Å². The summed E-state index contributed by atoms with van der Waals surface area (Å²) < 4.78 is 1.23. The summed E-state index contributed by atoms with van der Waals surface area (Å²) in [4.78, 5) is 39.8. The molecule has 2 aromatic carbocycles. The highest BCUT2D eigenvalue weighted by atomic mass is 16.2. The number of nitrogens with zero attached hydrogens (tertiary/aromatic N) is 3. The van der Waals surface area contributed by atoms with Crippen molar-refractivity contribution in [1.29, 1.82) is 0 Å². The fraction of sp³-hybridized carbons (Fsp3) is 0.200. The van der Waals surface area contributed by atoms with Gasteiger partial charge in [-0.2, -0.15) is 5.10 Å². The molecular weight excluding hydrogens is 330 g/mol. The van der Waals surface area contributed by atoms with Gasteiger partial charge in [-0.1, -0.05) is 44.2 Å². The number of benzene rings is 2. The van der Waals surface area contributed by atoms with Crippen molar-refractivity contribution in [3.63, 3.8) is 0 Å². The van der Waals surface area contributed by atoms with Gasteiger partial charge >= 0.3 is 0 Å². The average Bonchev–Trinajstić information content (AvgIpc) is 3.17. The minimum atomic E-state index is -0.920. The highest BCUT2D eigenvalue weighted by Crippen LogP contribution is 2.28. The predicted molar refractivity (Wildman–Crippen MR) is 95.9 cm³/mol. The molecule has 0 aliphatic carbocycles. The van der Waals surface area contributed by atoms with E-state index in [1.165, 1.54) is 4.68 Å². The van der Waals surface area contributed by atoms with Crippen LogP contribution in [0.5, 0.6) is 0 Å². The van der Waals surface area contributed by atoms with Crippen LogP contribution in [-0.4, -0.2) is 38.4 Å². The Morgan fingerprint density at radius 3 is 2.08 bits per heavy atom. The summed E-state index contributed by atoms with van der Waals surface area (Å²) in [5, 5.41) is 5.13. The third-order valence-corrected chi connectivity index (χ3v) is 4.63. The van der Waals surface area contributed by atoms with Crippen LogP contribution in [0.1, 0.15) is 39.4 Å². The first-order valence-corrected chi connectivity index (χ1v) is 8.44. The number of carbonyl (C=O) groups is 3. The molecule has 0 saturated carbocycles. The highest BCUT2D eigenvalue weighted by molar-refractivity contribution is 6.23. The summed E-state index contributed by atoms with van der Waals surface area (Å²) in [6, 6.07) is 13.1. The molecule has 0 radical (unpaired) electrons. The van der Waals surface area contributed by atoms with Crippen molar-refractivity contribution < 1.29 is 14.4 Å². The normalized spacial score (nSPS) is 15.0. The standard InChI is InChI=1S/C20H17N3O3/c1-12(2)17(20(26)22-11-13-7-3-6-10-16(13)21-22)23-18(24)14-8-4-5-9-15(14)19(23)25/h3-12,17H,1-2H3/t17-/m0/s1. The maximum absolute atomic E-state index is 13.1. The number of hydrogen-bond acceptors (Lipinski definition) is 4. The van der Waals surface area contributed by atoms with Gasteiger partial charge in [-0.3, -0.25) is 19.3 Å². The van der Waals surface area contributed by atoms with E-state index >= 15 is 0 Å². The van der Waals surface area contributed by atoms with E-state index in [9.17, 15) is 14.4 Å². The highest BCUT2D eigenvalue weighted by Gasteiger charge is 2.44. The Balaban J connectivity index is 1.76. The monoisotopic (exact) mass is 347 g/mol. The summed E-state index contributed by atoms with van der Waals surface area (Å²) in [7, 11) is 0. The van der Waals surface area contributed by atoms with Gasteiger partial charge < -0.3 is 0 Å². The zero-order valence-electron chi connectivity index (χ0n) is 14.4. The number of rotatable bonds is 3. The van der Waals surface area contributed by atoms with Crippen LogP contribution < -0.4 is 0 Å². The molecule has 0 unspecified atom stereocenters. The topological polar surface area (TPSA) is 72.3 Å². The molecule has 0 N–H and O–H groups in total. The Morgan fingerprint density at radius 2 is 1.50 bits per heavy atom. The van der Waals surface area contributed by atoms with E-state index in [4.69, 9.17) is 0 Å². The molecule has 6 nitrogen and oxygen atoms in total. The van der Waals surface area contributed by atoms with Gasteiger partial charge in [-0.15, -0.1) is 0 Å². The number of hydrogen-bond donors (Lipinski definition) is 0. The van der Waals surface area contributed by atoms with E-state index in [-0.39, 0.29) is 5.92 Å². The van der Waals surface area contributed by atoms with Gasteiger partial charge in [0.05, 0.1) is 16.6 Å². The van der Waals surface area contributed by atoms with Crippen molar-refractivity contribution >= 4 is 28.6 Å². The molecule has 26 heavy (non-hydrogen) atoms. The molecule has 130 valence electrons. The van der Waals surface area contributed by atoms with Gasteiger partial charge in [-0.05, 0) is 24.1 Å². The van der Waals surface area contributed by atoms with Gasteiger partial charge in [0, 0.05) is 11.6 Å². The van der Waals surface area contributed by atoms with Crippen molar-refractivity contribution in [3.05, 3.63) is 65.9 Å². The molecule has 0 spiro atoms. The Hall–Kier alpha value is -3.28. The van der Waals surface area contributed by atoms with Crippen molar-refractivity contribution in [2.24, 2.45) is 5.92 Å². The van der Waals surface area contributed by atoms with Crippen LogP contribution in [0.4, 0.5) is 0 Å². The molecule has 2 amide bonds. The molecule has 4 rings (SSSR count). The summed E-state index contributed by atoms with van der Waals surface area (Å²) in [5.41, 5.74) is 1.36. The number of imide groups is 1. The first-order chi connectivity index (χ1) is 12.5. The smallest absolute Gasteiger partial charge is 0.270 e. The van der Waals surface area contributed by atoms with Crippen LogP contribution >= 0.6 is 0 Å². The third-order valence-electron chi connectivity index (χ3n) is 4.63. The lowest BCUT2D eigenvalue weighted by molar-refractivity contribution is 0.0459. The molecule has 1 aliphatic rings. The van der Waals surface area contributed by atoms with E-state index in [0.717, 1.165) is 10.3 Å². The van der Waals surface area contributed by atoms with Gasteiger partial charge in [0.25, 0.3) is 17.7 Å². The van der Waals surface area contributed by atoms with Crippen molar-refractivity contribution in [2.45, 2.75) is 19.9 Å². The number of fused-ring (bicyclic) bond motifs is 2. The van der Waals surface area contributed by atoms with Gasteiger partial charge in [-0.25, -0.2) is 4.68 Å². The zero-order valence-corrected chi connectivity index (χ0v) is 14.4. The minimum absolute atomic E-state index is 0.253. The lowest BCUT2D eigenvalue weighted by Gasteiger charge is -2.27. The molecule has 6 heteroatoms. The first kappa shape index (κ1) is 16.2. The number of amides is 2. The van der Waals surface area contributed by atoms with E-state index in [0.29, 0.717) is 16.6 Å². The lowest BCUT2D eigenvalue weighted by atomic mass is 10.0. The van der Waals surface area contributed by atoms with Crippen molar-refractivity contribution in [2.75, 3.05) is 0 Å². The summed E-state index contributed by atoms with van der Waals surface area (Å²) >= 11 is 0. The molecule has 2 heterocycles. The predicted octanol–water partition coefficient (Wildman–Crippen LogP) is 3.00. The largest absolute Gasteiger partial charge is 0.270 e. The summed E-state index contributed by atoms with van der Waals surface area (Å²) in [6.45, 7) is 3.63. The Kier molecular flexibility index (Phi) is 3.68. The van der Waals surface area contributed by atoms with Crippen LogP contribution in [0.3, 0.4) is 0 Å². The van der Waals surface area contributed by atoms with Crippen molar-refractivity contribution in [1.82, 2.24) is 14.7 Å². The Bertz CT molecular complexity index is 983. The maximum Gasteiger partial charge on any atom is 0.270 e. The Morgan fingerprint density at radius 1 is 0.923 bits per heavy atom. The van der Waals surface area contributed by atoms with E-state index in [1.807, 2.05) is 38.1 Å². The molecule has 0 saturated heterocycles. The minimum Gasteiger partial charge on any atom is -0.270 e. The molecule has 1 aromatic heterocycles. The summed E-state index contributed by atoms with van der Waals surface area (Å²) in [6.07, 6.45) is 1.63. The third kappa shape index (κ3) is 2.34. The van der Waals surface area contributed by atoms with Crippen LogP contribution in [-0.2, 0) is 0 Å². The van der Waals surface area contributed by atoms with Gasteiger partial charge in [0.15, 0.2) is 0 Å². The van der Waals surface area contributed by atoms with E-state index in [2.05, 4.69) is 5.10 Å². The van der Waals surface area contributed by atoms with Crippen LogP contribution in [0.2, 0.25) is 0 Å². The SMILES string of the molecule is CC(C)[C@@H](C(=O)n1cc2ccccc2n1)N1C(=O)c2ccccc2C1=O.